The van der Waals surface area contributed by atoms with Crippen LogP contribution < -0.4 is 10.4 Å². The number of hydrogen-bond donors (Lipinski definition) is 1. The predicted molar refractivity (Wildman–Crippen MR) is 131 cm³/mol. The summed E-state index contributed by atoms with van der Waals surface area (Å²) in [6.45, 7) is 8.69. The van der Waals surface area contributed by atoms with E-state index in [1.807, 2.05) is 31.2 Å². The third kappa shape index (κ3) is 5.89. The highest BCUT2D eigenvalue weighted by Crippen LogP contribution is 2.35. The second-order valence-corrected chi connectivity index (χ2v) is 12.3. The van der Waals surface area contributed by atoms with Gasteiger partial charge in [0.1, 0.15) is 6.10 Å². The van der Waals surface area contributed by atoms with Crippen LogP contribution >= 0.6 is 0 Å². The summed E-state index contributed by atoms with van der Waals surface area (Å²) in [5.74, 6) is 14.1. The van der Waals surface area contributed by atoms with Gasteiger partial charge in [-0.3, -0.25) is 0 Å². The summed E-state index contributed by atoms with van der Waals surface area (Å²) >= 11 is 0. The lowest BCUT2D eigenvalue weighted by Gasteiger charge is -2.39. The lowest BCUT2D eigenvalue weighted by molar-refractivity contribution is 0.281. The summed E-state index contributed by atoms with van der Waals surface area (Å²) < 4.78 is 0. The number of rotatable bonds is 4. The minimum absolute atomic E-state index is 0.0378. The van der Waals surface area contributed by atoms with E-state index in [1.54, 1.807) is 12.2 Å². The molecule has 0 aromatic heterocycles. The molecule has 1 unspecified atom stereocenters. The van der Waals surface area contributed by atoms with Crippen molar-refractivity contribution in [1.82, 2.24) is 0 Å². The number of hydrogen-bond acceptors (Lipinski definition) is 1. The number of aliphatic hydroxyl groups excluding tert-OH is 1. The van der Waals surface area contributed by atoms with E-state index in [-0.39, 0.29) is 5.04 Å². The van der Waals surface area contributed by atoms with Crippen LogP contribution in [0, 0.1) is 35.1 Å². The van der Waals surface area contributed by atoms with Gasteiger partial charge in [0.15, 0.2) is 0 Å². The molecule has 0 radical (unpaired) electrons. The fourth-order valence-electron chi connectivity index (χ4n) is 3.37. The number of allylic oxidation sites excluding steroid dienone is 3. The van der Waals surface area contributed by atoms with Crippen LogP contribution in [0.25, 0.3) is 0 Å². The van der Waals surface area contributed by atoms with E-state index < -0.39 is 14.2 Å². The summed E-state index contributed by atoms with van der Waals surface area (Å²) in [6.07, 6.45) is 6.27. The van der Waals surface area contributed by atoms with Gasteiger partial charge < -0.3 is 5.11 Å². The molecule has 2 aromatic carbocycles. The first-order valence-electron chi connectivity index (χ1n) is 10.0. The highest BCUT2D eigenvalue weighted by molar-refractivity contribution is 7.10. The largest absolute Gasteiger partial charge is 0.377 e. The zero-order valence-electron chi connectivity index (χ0n) is 18.1. The van der Waals surface area contributed by atoms with Gasteiger partial charge >= 0.3 is 0 Å². The molecule has 0 heterocycles. The van der Waals surface area contributed by atoms with Crippen LogP contribution in [0.5, 0.6) is 0 Å². The highest BCUT2D eigenvalue weighted by Gasteiger charge is 2.46. The zero-order valence-corrected chi connectivity index (χ0v) is 19.1. The quantitative estimate of drug-likeness (QED) is 0.459. The Morgan fingerprint density at radius 2 is 1.33 bits per heavy atom. The molecule has 1 N–H and O–H groups in total. The Morgan fingerprint density at radius 1 is 0.800 bits per heavy atom. The van der Waals surface area contributed by atoms with E-state index >= 15 is 0 Å². The van der Waals surface area contributed by atoms with Crippen molar-refractivity contribution in [2.75, 3.05) is 0 Å². The van der Waals surface area contributed by atoms with Crippen molar-refractivity contribution >= 4 is 18.4 Å². The molecule has 0 amide bonds. The van der Waals surface area contributed by atoms with Crippen molar-refractivity contribution < 1.29 is 5.11 Å². The molecule has 0 saturated heterocycles. The second-order valence-electron chi connectivity index (χ2n) is 7.86. The van der Waals surface area contributed by atoms with Gasteiger partial charge in [0.25, 0.3) is 0 Å². The summed E-state index contributed by atoms with van der Waals surface area (Å²) in [5, 5.41) is 12.3. The Kier molecular flexibility index (Phi) is 8.52. The SMILES string of the molecule is C/C=C/C=C/C(O)C#CC#CC#C[Si](c1ccccc1)(c1ccccc1)C(C)(C)C. The maximum atomic E-state index is 9.77. The first kappa shape index (κ1) is 23.1. The summed E-state index contributed by atoms with van der Waals surface area (Å²) in [4.78, 5) is 0. The molecule has 150 valence electrons. The first-order chi connectivity index (χ1) is 14.4. The molecular weight excluding hydrogens is 380 g/mol. The van der Waals surface area contributed by atoms with E-state index in [9.17, 15) is 5.11 Å². The van der Waals surface area contributed by atoms with Crippen LogP contribution in [0.2, 0.25) is 5.04 Å². The number of benzene rings is 2. The normalized spacial score (nSPS) is 12.3. The summed E-state index contributed by atoms with van der Waals surface area (Å²) in [6, 6.07) is 21.1. The first-order valence-corrected chi connectivity index (χ1v) is 12.0. The fourth-order valence-corrected chi connectivity index (χ4v) is 7.73. The van der Waals surface area contributed by atoms with E-state index in [1.165, 1.54) is 10.4 Å². The Bertz CT molecular complexity index is 1010. The molecule has 0 aliphatic heterocycles. The van der Waals surface area contributed by atoms with Gasteiger partial charge in [-0.25, -0.2) is 0 Å². The molecule has 30 heavy (non-hydrogen) atoms. The third-order valence-electron chi connectivity index (χ3n) is 4.79. The topological polar surface area (TPSA) is 20.2 Å². The van der Waals surface area contributed by atoms with Gasteiger partial charge in [0.05, 0.1) is 0 Å². The van der Waals surface area contributed by atoms with Crippen LogP contribution in [-0.2, 0) is 0 Å². The molecule has 2 aromatic rings. The van der Waals surface area contributed by atoms with Crippen LogP contribution in [0.15, 0.2) is 85.0 Å². The van der Waals surface area contributed by atoms with Crippen molar-refractivity contribution in [2.45, 2.75) is 38.8 Å². The molecule has 2 rings (SSSR count). The molecular formula is C28H28OSi. The molecule has 0 aliphatic rings. The molecule has 2 heteroatoms. The van der Waals surface area contributed by atoms with Crippen LogP contribution in [0.1, 0.15) is 27.7 Å². The van der Waals surface area contributed by atoms with Crippen molar-refractivity contribution in [3.8, 4) is 35.1 Å². The van der Waals surface area contributed by atoms with E-state index in [0.717, 1.165) is 0 Å². The molecule has 0 fully saturated rings. The Hall–Kier alpha value is -3.22. The molecule has 1 atom stereocenters. The Morgan fingerprint density at radius 3 is 1.83 bits per heavy atom. The minimum Gasteiger partial charge on any atom is -0.377 e. The van der Waals surface area contributed by atoms with Gasteiger partial charge in [-0.15, -0.1) is 5.54 Å². The number of aliphatic hydroxyl groups is 1. The average Bonchev–Trinajstić information content (AvgIpc) is 2.74. The highest BCUT2D eigenvalue weighted by atomic mass is 28.3. The molecule has 0 saturated carbocycles. The van der Waals surface area contributed by atoms with Crippen LogP contribution in [0.4, 0.5) is 0 Å². The maximum Gasteiger partial charge on any atom is 0.205 e. The van der Waals surface area contributed by atoms with Crippen molar-refractivity contribution in [3.05, 3.63) is 85.0 Å². The lowest BCUT2D eigenvalue weighted by Crippen LogP contribution is -2.63. The Labute approximate surface area is 182 Å². The van der Waals surface area contributed by atoms with Crippen LogP contribution in [-0.4, -0.2) is 19.3 Å². The van der Waals surface area contributed by atoms with Gasteiger partial charge in [0.2, 0.25) is 8.07 Å². The zero-order chi connectivity index (χ0) is 21.9. The molecule has 1 nitrogen and oxygen atoms in total. The standard InChI is InChI=1S/C28H28OSi/c1-5-6-11-18-25(29)19-12-7-8-17-24-30(28(2,3)4,26-20-13-9-14-21-26)27-22-15-10-16-23-27/h5-6,9-11,13-16,18,20-23,25,29H,1-4H3/b6-5+,18-11+. The van der Waals surface area contributed by atoms with E-state index in [0.29, 0.717) is 0 Å². The van der Waals surface area contributed by atoms with E-state index in [2.05, 4.69) is 104 Å². The summed E-state index contributed by atoms with van der Waals surface area (Å²) in [5.41, 5.74) is 3.60. The maximum absolute atomic E-state index is 9.77. The van der Waals surface area contributed by atoms with Gasteiger partial charge in [-0.2, -0.15) is 0 Å². The minimum atomic E-state index is -2.43. The summed E-state index contributed by atoms with van der Waals surface area (Å²) in [7, 11) is -2.43. The predicted octanol–water partition coefficient (Wildman–Crippen LogP) is 4.09. The fraction of sp³-hybridized carbons (Fsp3) is 0.214. The average molecular weight is 409 g/mol. The molecule has 0 bridgehead atoms. The van der Waals surface area contributed by atoms with Crippen molar-refractivity contribution in [3.63, 3.8) is 0 Å². The van der Waals surface area contributed by atoms with Gasteiger partial charge in [0, 0.05) is 0 Å². The van der Waals surface area contributed by atoms with Crippen molar-refractivity contribution in [1.29, 1.82) is 0 Å². The van der Waals surface area contributed by atoms with Gasteiger partial charge in [-0.05, 0) is 52.1 Å². The Balaban J connectivity index is 2.46. The smallest absolute Gasteiger partial charge is 0.205 e. The van der Waals surface area contributed by atoms with E-state index in [4.69, 9.17) is 0 Å². The van der Waals surface area contributed by atoms with Crippen LogP contribution in [0.3, 0.4) is 0 Å². The lowest BCUT2D eigenvalue weighted by atomic mass is 10.2. The molecule has 0 aliphatic carbocycles. The monoisotopic (exact) mass is 408 g/mol. The third-order valence-corrected chi connectivity index (χ3v) is 9.94. The second kappa shape index (κ2) is 11.1. The van der Waals surface area contributed by atoms with Gasteiger partial charge in [-0.1, -0.05) is 106 Å². The molecule has 0 spiro atoms. The van der Waals surface area contributed by atoms with Crippen molar-refractivity contribution in [2.24, 2.45) is 0 Å².